The smallest absolute Gasteiger partial charge is 0.251 e. The van der Waals surface area contributed by atoms with Gasteiger partial charge in [0.1, 0.15) is 0 Å². The lowest BCUT2D eigenvalue weighted by atomic mass is 9.73. The Hall–Kier alpha value is -1.01. The van der Waals surface area contributed by atoms with E-state index >= 15 is 0 Å². The van der Waals surface area contributed by atoms with Crippen molar-refractivity contribution in [1.29, 1.82) is 0 Å². The largest absolute Gasteiger partial charge is 0.399 e. The molecule has 27 heavy (non-hydrogen) atoms. The van der Waals surface area contributed by atoms with Gasteiger partial charge >= 0.3 is 0 Å². The molecule has 2 fully saturated rings. The van der Waals surface area contributed by atoms with Crippen LogP contribution in [0.1, 0.15) is 48.0 Å². The lowest BCUT2D eigenvalue weighted by molar-refractivity contribution is 0.00728. The highest BCUT2D eigenvalue weighted by Crippen LogP contribution is 2.37. The zero-order valence-corrected chi connectivity index (χ0v) is 17.8. The van der Waals surface area contributed by atoms with E-state index < -0.39 is 0 Å². The number of hydrogen-bond donors (Lipinski definition) is 2. The number of nitrogens with two attached hydrogens (primary N) is 1. The first-order valence-corrected chi connectivity index (χ1v) is 9.52. The molecular formula is C20H33Cl2N3O2. The van der Waals surface area contributed by atoms with Crippen LogP contribution in [-0.4, -0.2) is 50.2 Å². The minimum atomic E-state index is -0.00303. The molecular weight excluding hydrogens is 385 g/mol. The number of ether oxygens (including phenoxy) is 1. The molecule has 0 aromatic heterocycles. The summed E-state index contributed by atoms with van der Waals surface area (Å²) in [6.45, 7) is 7.42. The molecule has 1 aliphatic heterocycles. The van der Waals surface area contributed by atoms with E-state index in [0.29, 0.717) is 11.3 Å². The highest BCUT2D eigenvalue weighted by atomic mass is 35.5. The third kappa shape index (κ3) is 6.53. The van der Waals surface area contributed by atoms with Gasteiger partial charge in [0.25, 0.3) is 5.91 Å². The van der Waals surface area contributed by atoms with E-state index in [2.05, 4.69) is 10.2 Å². The minimum Gasteiger partial charge on any atom is -0.399 e. The zero-order valence-electron chi connectivity index (χ0n) is 16.2. The van der Waals surface area contributed by atoms with Crippen LogP contribution >= 0.6 is 24.8 Å². The molecule has 1 saturated heterocycles. The molecule has 5 nitrogen and oxygen atoms in total. The molecule has 1 aromatic rings. The molecule has 0 unspecified atom stereocenters. The van der Waals surface area contributed by atoms with Crippen LogP contribution in [0.15, 0.2) is 18.2 Å². The second-order valence-corrected chi connectivity index (χ2v) is 7.71. The van der Waals surface area contributed by atoms with Gasteiger partial charge in [-0.25, -0.2) is 0 Å². The fraction of sp³-hybridized carbons (Fsp3) is 0.650. The second-order valence-electron chi connectivity index (χ2n) is 7.71. The van der Waals surface area contributed by atoms with E-state index in [1.165, 1.54) is 32.1 Å². The Kier molecular flexibility index (Phi) is 9.88. The van der Waals surface area contributed by atoms with Crippen LogP contribution in [0.2, 0.25) is 0 Å². The first-order chi connectivity index (χ1) is 12.1. The zero-order chi connectivity index (χ0) is 17.7. The molecule has 3 N–H and O–H groups in total. The van der Waals surface area contributed by atoms with Crippen molar-refractivity contribution in [2.24, 2.45) is 5.41 Å². The van der Waals surface area contributed by atoms with Crippen molar-refractivity contribution in [2.75, 3.05) is 45.1 Å². The van der Waals surface area contributed by atoms with Gasteiger partial charge in [-0.3, -0.25) is 9.69 Å². The molecule has 0 radical (unpaired) electrons. The fourth-order valence-electron chi connectivity index (χ4n) is 4.17. The summed E-state index contributed by atoms with van der Waals surface area (Å²) in [6, 6.07) is 5.53. The van der Waals surface area contributed by atoms with Crippen LogP contribution in [0.4, 0.5) is 5.69 Å². The van der Waals surface area contributed by atoms with Crippen LogP contribution in [0.3, 0.4) is 0 Å². The van der Waals surface area contributed by atoms with Gasteiger partial charge in [0, 0.05) is 42.8 Å². The van der Waals surface area contributed by atoms with Gasteiger partial charge in [-0.05, 0) is 37.5 Å². The van der Waals surface area contributed by atoms with Gasteiger partial charge in [0.15, 0.2) is 0 Å². The molecule has 154 valence electrons. The summed E-state index contributed by atoms with van der Waals surface area (Å²) in [6.07, 6.45) is 6.23. The first-order valence-electron chi connectivity index (χ1n) is 9.52. The summed E-state index contributed by atoms with van der Waals surface area (Å²) in [5.41, 5.74) is 8.35. The number of carbonyl (C=O) groups excluding carboxylic acids is 1. The number of nitrogens with one attached hydrogen (secondary N) is 1. The monoisotopic (exact) mass is 417 g/mol. The normalized spacial score (nSPS) is 19.4. The van der Waals surface area contributed by atoms with Crippen LogP contribution in [0.5, 0.6) is 0 Å². The average Bonchev–Trinajstić information content (AvgIpc) is 2.63. The van der Waals surface area contributed by atoms with Crippen LogP contribution in [0, 0.1) is 12.3 Å². The van der Waals surface area contributed by atoms with Crippen LogP contribution in [0.25, 0.3) is 0 Å². The maximum atomic E-state index is 12.7. The number of morpholine rings is 1. The number of rotatable bonds is 5. The number of amides is 1. The van der Waals surface area contributed by atoms with E-state index in [4.69, 9.17) is 10.5 Å². The highest BCUT2D eigenvalue weighted by Gasteiger charge is 2.34. The molecule has 2 aliphatic rings. The summed E-state index contributed by atoms with van der Waals surface area (Å²) in [7, 11) is 0. The minimum absolute atomic E-state index is 0. The third-order valence-electron chi connectivity index (χ3n) is 5.71. The van der Waals surface area contributed by atoms with Gasteiger partial charge in [-0.2, -0.15) is 0 Å². The van der Waals surface area contributed by atoms with Crippen molar-refractivity contribution in [3.8, 4) is 0 Å². The van der Waals surface area contributed by atoms with Crippen molar-refractivity contribution in [1.82, 2.24) is 10.2 Å². The molecule has 0 bridgehead atoms. The third-order valence-corrected chi connectivity index (χ3v) is 5.71. The van der Waals surface area contributed by atoms with E-state index in [1.54, 1.807) is 6.07 Å². The number of benzene rings is 1. The molecule has 0 spiro atoms. The van der Waals surface area contributed by atoms with Gasteiger partial charge < -0.3 is 15.8 Å². The van der Waals surface area contributed by atoms with Crippen molar-refractivity contribution in [3.63, 3.8) is 0 Å². The lowest BCUT2D eigenvalue weighted by Gasteiger charge is -2.42. The van der Waals surface area contributed by atoms with Crippen molar-refractivity contribution in [2.45, 2.75) is 39.0 Å². The molecule has 3 rings (SSSR count). The number of nitrogen functional groups attached to an aromatic ring is 1. The summed E-state index contributed by atoms with van der Waals surface area (Å²) in [4.78, 5) is 15.2. The Bertz CT molecular complexity index is 601. The maximum Gasteiger partial charge on any atom is 0.251 e. The molecule has 1 heterocycles. The van der Waals surface area contributed by atoms with Gasteiger partial charge in [0.2, 0.25) is 0 Å². The summed E-state index contributed by atoms with van der Waals surface area (Å²) >= 11 is 0. The quantitative estimate of drug-likeness (QED) is 0.719. The van der Waals surface area contributed by atoms with Crippen LogP contribution in [-0.2, 0) is 4.74 Å². The van der Waals surface area contributed by atoms with E-state index in [-0.39, 0.29) is 36.1 Å². The Labute approximate surface area is 175 Å². The Morgan fingerprint density at radius 2 is 1.85 bits per heavy atom. The predicted molar refractivity (Wildman–Crippen MR) is 115 cm³/mol. The number of aryl methyl sites for hydroxylation is 1. The van der Waals surface area contributed by atoms with Crippen molar-refractivity contribution >= 4 is 36.4 Å². The van der Waals surface area contributed by atoms with Gasteiger partial charge in [0.05, 0.1) is 13.2 Å². The summed E-state index contributed by atoms with van der Waals surface area (Å²) in [5, 5.41) is 3.21. The van der Waals surface area contributed by atoms with Gasteiger partial charge in [-0.15, -0.1) is 24.8 Å². The van der Waals surface area contributed by atoms with E-state index in [1.807, 2.05) is 19.1 Å². The fourth-order valence-corrected chi connectivity index (χ4v) is 4.17. The summed E-state index contributed by atoms with van der Waals surface area (Å²) < 4.78 is 5.48. The standard InChI is InChI=1S/C20H31N3O2.2ClH/c1-16-5-6-17(21)13-18(16)19(24)22-14-20(7-3-2-4-8-20)15-23-9-11-25-12-10-23;;/h5-6,13H,2-4,7-12,14-15,21H2,1H3,(H,22,24);2*1H. The summed E-state index contributed by atoms with van der Waals surface area (Å²) in [5.74, 6) is -0.00303. The molecule has 1 aliphatic carbocycles. The molecule has 0 atom stereocenters. The van der Waals surface area contributed by atoms with Crippen molar-refractivity contribution < 1.29 is 9.53 Å². The van der Waals surface area contributed by atoms with Gasteiger partial charge in [-0.1, -0.05) is 25.3 Å². The number of hydrogen-bond acceptors (Lipinski definition) is 4. The first kappa shape index (κ1) is 24.0. The van der Waals surface area contributed by atoms with Crippen LogP contribution < -0.4 is 11.1 Å². The molecule has 1 amide bonds. The topological polar surface area (TPSA) is 67.6 Å². The Morgan fingerprint density at radius 1 is 1.19 bits per heavy atom. The average molecular weight is 418 g/mol. The molecule has 1 saturated carbocycles. The molecule has 7 heteroatoms. The number of carbonyl (C=O) groups is 1. The van der Waals surface area contributed by atoms with E-state index in [0.717, 1.165) is 45.0 Å². The van der Waals surface area contributed by atoms with E-state index in [9.17, 15) is 4.79 Å². The number of halogens is 2. The second kappa shape index (κ2) is 11.1. The number of anilines is 1. The lowest BCUT2D eigenvalue weighted by Crippen LogP contribution is -2.49. The maximum absolute atomic E-state index is 12.7. The predicted octanol–water partition coefficient (Wildman–Crippen LogP) is 3.43. The Morgan fingerprint density at radius 3 is 2.52 bits per heavy atom. The highest BCUT2D eigenvalue weighted by molar-refractivity contribution is 5.96. The number of nitrogens with zero attached hydrogens (tertiary/aromatic N) is 1. The Balaban J connectivity index is 0.00000182. The van der Waals surface area contributed by atoms with Crippen molar-refractivity contribution in [3.05, 3.63) is 29.3 Å². The molecule has 1 aromatic carbocycles. The SMILES string of the molecule is Cc1ccc(N)cc1C(=O)NCC1(CN2CCOCC2)CCCCC1.Cl.Cl.